The molecule has 1 aliphatic rings. The molecule has 0 radical (unpaired) electrons. The van der Waals surface area contributed by atoms with Crippen LogP contribution in [0.25, 0.3) is 10.8 Å². The molecule has 5 rings (SSSR count). The zero-order valence-corrected chi connectivity index (χ0v) is 22.3. The average molecular weight is 530 g/mol. The number of thioether (sulfide) groups is 1. The van der Waals surface area contributed by atoms with E-state index in [9.17, 15) is 13.2 Å². The molecule has 0 aromatic heterocycles. The molecule has 0 saturated carbocycles. The van der Waals surface area contributed by atoms with Crippen molar-refractivity contribution in [3.05, 3.63) is 101 Å². The van der Waals surface area contributed by atoms with Gasteiger partial charge in [0.1, 0.15) is 6.54 Å². The lowest BCUT2D eigenvalue weighted by Gasteiger charge is -2.24. The summed E-state index contributed by atoms with van der Waals surface area (Å²) in [5.74, 6) is -0.535. The fourth-order valence-electron chi connectivity index (χ4n) is 4.62. The Morgan fingerprint density at radius 3 is 2.38 bits per heavy atom. The Labute approximate surface area is 221 Å². The van der Waals surface area contributed by atoms with Gasteiger partial charge in [-0.1, -0.05) is 48.0 Å². The number of benzene rings is 4. The number of aryl methyl sites for hydroxylation is 3. The number of carbonyl (C=O) groups is 1. The average Bonchev–Trinajstić information content (AvgIpc) is 3.34. The van der Waals surface area contributed by atoms with Gasteiger partial charge in [-0.2, -0.15) is 5.10 Å². The molecule has 0 fully saturated rings. The zero-order chi connectivity index (χ0) is 26.0. The minimum absolute atomic E-state index is 0.120. The summed E-state index contributed by atoms with van der Waals surface area (Å²) in [6, 6.07) is 24.0. The first-order valence-corrected chi connectivity index (χ1v) is 14.6. The summed E-state index contributed by atoms with van der Waals surface area (Å²) >= 11 is 1.53. The van der Waals surface area contributed by atoms with Gasteiger partial charge in [-0.05, 0) is 84.3 Å². The molecule has 188 valence electrons. The van der Waals surface area contributed by atoms with E-state index in [1.54, 1.807) is 42.6 Å². The van der Waals surface area contributed by atoms with Crippen LogP contribution in [0.1, 0.15) is 22.3 Å². The van der Waals surface area contributed by atoms with Crippen molar-refractivity contribution in [1.29, 1.82) is 0 Å². The van der Waals surface area contributed by atoms with Crippen LogP contribution in [0.3, 0.4) is 0 Å². The Balaban J connectivity index is 1.38. The van der Waals surface area contributed by atoms with Gasteiger partial charge in [-0.3, -0.25) is 9.10 Å². The van der Waals surface area contributed by atoms with E-state index in [1.165, 1.54) is 28.3 Å². The number of amides is 1. The monoisotopic (exact) mass is 529 g/mol. The van der Waals surface area contributed by atoms with Crippen molar-refractivity contribution in [2.45, 2.75) is 29.6 Å². The van der Waals surface area contributed by atoms with Gasteiger partial charge in [-0.15, -0.1) is 11.8 Å². The van der Waals surface area contributed by atoms with Gasteiger partial charge >= 0.3 is 0 Å². The van der Waals surface area contributed by atoms with E-state index in [0.29, 0.717) is 5.69 Å². The summed E-state index contributed by atoms with van der Waals surface area (Å²) in [5.41, 5.74) is 7.48. The maximum atomic E-state index is 13.6. The number of hydrogen-bond acceptors (Lipinski definition) is 5. The predicted octanol–water partition coefficient (Wildman–Crippen LogP) is 5.31. The van der Waals surface area contributed by atoms with Crippen LogP contribution in [-0.2, 0) is 27.7 Å². The van der Waals surface area contributed by atoms with Crippen LogP contribution in [0.15, 0.2) is 93.8 Å². The van der Waals surface area contributed by atoms with E-state index < -0.39 is 22.5 Å². The van der Waals surface area contributed by atoms with Crippen molar-refractivity contribution in [2.24, 2.45) is 5.10 Å². The molecule has 37 heavy (non-hydrogen) atoms. The lowest BCUT2D eigenvalue weighted by molar-refractivity contribution is -0.119. The Morgan fingerprint density at radius 1 is 0.973 bits per heavy atom. The van der Waals surface area contributed by atoms with Crippen molar-refractivity contribution < 1.29 is 13.2 Å². The SMILES string of the molecule is CSc1ccc(S(=O)(=O)N(CC(=O)NN=Cc2ccc3c4c(cccc24)CC3)c2ccc(C)cc2)cc1. The number of nitrogens with one attached hydrogen (secondary N) is 1. The van der Waals surface area contributed by atoms with Gasteiger partial charge in [0.15, 0.2) is 0 Å². The summed E-state index contributed by atoms with van der Waals surface area (Å²) in [6.07, 6.45) is 5.61. The third kappa shape index (κ3) is 5.12. The molecule has 1 N–H and O–H groups in total. The standard InChI is InChI=1S/C29H27N3O3S2/c1-20-6-12-24(13-7-20)32(37(34,35)26-16-14-25(36-2)15-17-26)19-28(33)31-30-18-23-11-10-22-9-8-21-4-3-5-27(23)29(21)22/h3-7,10-18H,8-9,19H2,1-2H3,(H,31,33). The molecule has 0 aliphatic heterocycles. The fourth-order valence-corrected chi connectivity index (χ4v) is 6.45. The van der Waals surface area contributed by atoms with Crippen LogP contribution in [0.2, 0.25) is 0 Å². The third-order valence-corrected chi connectivity index (χ3v) is 9.09. The van der Waals surface area contributed by atoms with Gasteiger partial charge in [0, 0.05) is 10.5 Å². The smallest absolute Gasteiger partial charge is 0.264 e. The van der Waals surface area contributed by atoms with Crippen LogP contribution in [0.4, 0.5) is 5.69 Å². The first kappa shape index (κ1) is 25.0. The predicted molar refractivity (Wildman–Crippen MR) is 151 cm³/mol. The summed E-state index contributed by atoms with van der Waals surface area (Å²) < 4.78 is 28.2. The minimum atomic E-state index is -3.98. The van der Waals surface area contributed by atoms with E-state index in [4.69, 9.17) is 0 Å². The molecule has 0 bridgehead atoms. The van der Waals surface area contributed by atoms with Crippen LogP contribution in [-0.4, -0.2) is 33.3 Å². The Bertz CT molecular complexity index is 1590. The maximum absolute atomic E-state index is 13.6. The molecule has 8 heteroatoms. The number of nitrogens with zero attached hydrogens (tertiary/aromatic N) is 2. The van der Waals surface area contributed by atoms with Gasteiger partial charge in [-0.25, -0.2) is 13.8 Å². The number of rotatable bonds is 8. The van der Waals surface area contributed by atoms with Crippen molar-refractivity contribution in [3.63, 3.8) is 0 Å². The summed E-state index contributed by atoms with van der Waals surface area (Å²) in [7, 11) is -3.98. The second kappa shape index (κ2) is 10.4. The first-order chi connectivity index (χ1) is 17.9. The lowest BCUT2D eigenvalue weighted by atomic mass is 10.0. The second-order valence-electron chi connectivity index (χ2n) is 8.97. The van der Waals surface area contributed by atoms with Crippen molar-refractivity contribution in [1.82, 2.24) is 5.43 Å². The zero-order valence-electron chi connectivity index (χ0n) is 20.6. The maximum Gasteiger partial charge on any atom is 0.264 e. The van der Waals surface area contributed by atoms with Crippen LogP contribution in [0.5, 0.6) is 0 Å². The molecule has 4 aromatic rings. The highest BCUT2D eigenvalue weighted by Crippen LogP contribution is 2.32. The molecular formula is C29H27N3O3S2. The molecule has 1 aliphatic carbocycles. The first-order valence-electron chi connectivity index (χ1n) is 12.0. The number of sulfonamides is 1. The molecule has 0 saturated heterocycles. The molecule has 0 heterocycles. The fraction of sp³-hybridized carbons (Fsp3) is 0.172. The van der Waals surface area contributed by atoms with Gasteiger partial charge in [0.2, 0.25) is 0 Å². The van der Waals surface area contributed by atoms with E-state index in [-0.39, 0.29) is 4.90 Å². The lowest BCUT2D eigenvalue weighted by Crippen LogP contribution is -2.39. The second-order valence-corrected chi connectivity index (χ2v) is 11.7. The molecule has 6 nitrogen and oxygen atoms in total. The van der Waals surface area contributed by atoms with Crippen LogP contribution < -0.4 is 9.73 Å². The highest BCUT2D eigenvalue weighted by molar-refractivity contribution is 7.98. The highest BCUT2D eigenvalue weighted by atomic mass is 32.2. The third-order valence-electron chi connectivity index (χ3n) is 6.56. The molecule has 0 spiro atoms. The minimum Gasteiger partial charge on any atom is -0.271 e. The summed E-state index contributed by atoms with van der Waals surface area (Å²) in [5, 5.41) is 6.53. The van der Waals surface area contributed by atoms with Crippen LogP contribution >= 0.6 is 11.8 Å². The van der Waals surface area contributed by atoms with Crippen molar-refractivity contribution >= 4 is 50.4 Å². The van der Waals surface area contributed by atoms with Gasteiger partial charge in [0.05, 0.1) is 16.8 Å². The van der Waals surface area contributed by atoms with Gasteiger partial charge < -0.3 is 0 Å². The highest BCUT2D eigenvalue weighted by Gasteiger charge is 2.27. The van der Waals surface area contributed by atoms with Gasteiger partial charge in [0.25, 0.3) is 15.9 Å². The quantitative estimate of drug-likeness (QED) is 0.191. The molecular weight excluding hydrogens is 502 g/mol. The van der Waals surface area contributed by atoms with Crippen molar-refractivity contribution in [2.75, 3.05) is 17.1 Å². The number of anilines is 1. The van der Waals surface area contributed by atoms with E-state index in [2.05, 4.69) is 28.7 Å². The van der Waals surface area contributed by atoms with Crippen molar-refractivity contribution in [3.8, 4) is 0 Å². The number of carbonyl (C=O) groups excluding carboxylic acids is 1. The Morgan fingerprint density at radius 2 is 1.68 bits per heavy atom. The van der Waals surface area contributed by atoms with E-state index >= 15 is 0 Å². The molecule has 4 aromatic carbocycles. The van der Waals surface area contributed by atoms with E-state index in [1.807, 2.05) is 37.4 Å². The molecule has 0 atom stereocenters. The number of hydrogen-bond donors (Lipinski definition) is 1. The molecule has 0 unspecified atom stereocenters. The largest absolute Gasteiger partial charge is 0.271 e. The summed E-state index contributed by atoms with van der Waals surface area (Å²) in [4.78, 5) is 14.0. The molecule has 1 amide bonds. The Kier molecular flexibility index (Phi) is 7.04. The normalized spacial score (nSPS) is 12.8. The summed E-state index contributed by atoms with van der Waals surface area (Å²) in [6.45, 7) is 1.52. The Hall–Kier alpha value is -3.62. The van der Waals surface area contributed by atoms with Crippen LogP contribution in [0, 0.1) is 6.92 Å². The number of hydrazone groups is 1. The topological polar surface area (TPSA) is 78.8 Å². The van der Waals surface area contributed by atoms with E-state index in [0.717, 1.165) is 38.6 Å².